The summed E-state index contributed by atoms with van der Waals surface area (Å²) >= 11 is 0. The van der Waals surface area contributed by atoms with Crippen molar-refractivity contribution in [3.05, 3.63) is 30.0 Å². The molecule has 0 unspecified atom stereocenters. The molecule has 5 heteroatoms. The van der Waals surface area contributed by atoms with Crippen molar-refractivity contribution in [2.75, 3.05) is 6.26 Å². The van der Waals surface area contributed by atoms with Crippen molar-refractivity contribution in [1.82, 2.24) is 4.57 Å². The van der Waals surface area contributed by atoms with E-state index in [0.717, 1.165) is 5.52 Å². The average molecular weight is 265 g/mol. The number of carbonyl (C=O) groups excluding carboxylic acids is 1. The summed E-state index contributed by atoms with van der Waals surface area (Å²) in [7, 11) is -1.41. The number of ketones is 1. The molecule has 1 aromatic heterocycles. The fourth-order valence-electron chi connectivity index (χ4n) is 2.01. The van der Waals surface area contributed by atoms with E-state index in [9.17, 15) is 13.2 Å². The Bertz CT molecular complexity index is 726. The summed E-state index contributed by atoms with van der Waals surface area (Å²) < 4.78 is 24.9. The van der Waals surface area contributed by atoms with Crippen LogP contribution in [0.25, 0.3) is 10.9 Å². The van der Waals surface area contributed by atoms with E-state index in [-0.39, 0.29) is 10.7 Å². The molecule has 18 heavy (non-hydrogen) atoms. The first-order valence-corrected chi connectivity index (χ1v) is 7.56. The summed E-state index contributed by atoms with van der Waals surface area (Å²) in [6.07, 6.45) is 3.32. The largest absolute Gasteiger partial charge is 0.350 e. The van der Waals surface area contributed by atoms with Gasteiger partial charge >= 0.3 is 0 Å². The Hall–Kier alpha value is -1.62. The molecule has 0 spiro atoms. The zero-order valence-electron chi connectivity index (χ0n) is 10.6. The van der Waals surface area contributed by atoms with Crippen LogP contribution in [0.4, 0.5) is 0 Å². The fourth-order valence-corrected chi connectivity index (χ4v) is 2.66. The van der Waals surface area contributed by atoms with E-state index in [4.69, 9.17) is 0 Å². The van der Waals surface area contributed by atoms with Gasteiger partial charge in [0.2, 0.25) is 0 Å². The predicted molar refractivity (Wildman–Crippen MR) is 70.7 cm³/mol. The van der Waals surface area contributed by atoms with Crippen LogP contribution < -0.4 is 0 Å². The zero-order valence-corrected chi connectivity index (χ0v) is 11.4. The van der Waals surface area contributed by atoms with Crippen LogP contribution in [0.15, 0.2) is 29.3 Å². The molecule has 0 N–H and O–H groups in total. The Kier molecular flexibility index (Phi) is 3.02. The van der Waals surface area contributed by atoms with Gasteiger partial charge in [0.25, 0.3) is 0 Å². The van der Waals surface area contributed by atoms with Gasteiger partial charge in [-0.2, -0.15) is 0 Å². The lowest BCUT2D eigenvalue weighted by Gasteiger charge is -2.01. The highest BCUT2D eigenvalue weighted by molar-refractivity contribution is 7.90. The normalized spacial score (nSPS) is 11.9. The fraction of sp³-hybridized carbons (Fsp3) is 0.308. The number of hydrogen-bond donors (Lipinski definition) is 0. The molecule has 1 heterocycles. The minimum absolute atomic E-state index is 0.0197. The molecular formula is C13H15NO3S. The molecule has 0 aliphatic carbocycles. The Morgan fingerprint density at radius 3 is 2.56 bits per heavy atom. The molecule has 96 valence electrons. The van der Waals surface area contributed by atoms with E-state index in [0.29, 0.717) is 17.4 Å². The van der Waals surface area contributed by atoms with Crippen molar-refractivity contribution in [1.29, 1.82) is 0 Å². The summed E-state index contributed by atoms with van der Waals surface area (Å²) in [4.78, 5) is 12.1. The molecule has 0 saturated heterocycles. The van der Waals surface area contributed by atoms with Gasteiger partial charge in [-0.1, -0.05) is 6.92 Å². The number of benzene rings is 1. The number of aryl methyl sites for hydroxylation is 1. The Balaban J connectivity index is 2.78. The summed E-state index contributed by atoms with van der Waals surface area (Å²) in [5.41, 5.74) is 1.44. The monoisotopic (exact) mass is 265 g/mol. The third-order valence-corrected chi connectivity index (χ3v) is 4.12. The van der Waals surface area contributed by atoms with Gasteiger partial charge in [-0.15, -0.1) is 0 Å². The summed E-state index contributed by atoms with van der Waals surface area (Å²) in [5.74, 6) is 0.0197. The second-order valence-corrected chi connectivity index (χ2v) is 6.40. The number of hydrogen-bond acceptors (Lipinski definition) is 3. The number of sulfone groups is 1. The number of nitrogens with zero attached hydrogens (tertiary/aromatic N) is 1. The third kappa shape index (κ3) is 2.06. The standard InChI is InChI=1S/C13H15NO3S/c1-4-13(15)11-8-14(2)12-6-5-9(7-10(11)12)18(3,16)17/h5-8H,4H2,1-3H3. The molecule has 0 amide bonds. The quantitative estimate of drug-likeness (QED) is 0.799. The predicted octanol–water partition coefficient (Wildman–Crippen LogP) is 2.17. The molecule has 0 fully saturated rings. The lowest BCUT2D eigenvalue weighted by molar-refractivity contribution is 0.0989. The van der Waals surface area contributed by atoms with Crippen molar-refractivity contribution in [3.63, 3.8) is 0 Å². The Labute approximate surface area is 106 Å². The lowest BCUT2D eigenvalue weighted by Crippen LogP contribution is -1.98. The highest BCUT2D eigenvalue weighted by atomic mass is 32.2. The molecular weight excluding hydrogens is 250 g/mol. The number of Topliss-reactive ketones (excluding diaryl/α,β-unsaturated/α-hetero) is 1. The zero-order chi connectivity index (χ0) is 13.5. The smallest absolute Gasteiger partial charge is 0.175 e. The van der Waals surface area contributed by atoms with E-state index in [2.05, 4.69) is 0 Å². The first-order valence-electron chi connectivity index (χ1n) is 5.67. The number of aromatic nitrogens is 1. The third-order valence-electron chi connectivity index (χ3n) is 3.01. The van der Waals surface area contributed by atoms with Crippen LogP contribution in [0.5, 0.6) is 0 Å². The van der Waals surface area contributed by atoms with E-state index in [1.54, 1.807) is 31.3 Å². The van der Waals surface area contributed by atoms with Gasteiger partial charge in [0, 0.05) is 42.4 Å². The second kappa shape index (κ2) is 4.24. The highest BCUT2D eigenvalue weighted by Gasteiger charge is 2.15. The van der Waals surface area contributed by atoms with Crippen LogP contribution in [-0.4, -0.2) is 25.0 Å². The van der Waals surface area contributed by atoms with Gasteiger partial charge in [0.05, 0.1) is 4.90 Å². The number of carbonyl (C=O) groups is 1. The molecule has 2 rings (SSSR count). The Morgan fingerprint density at radius 1 is 1.33 bits per heavy atom. The van der Waals surface area contributed by atoms with E-state index in [1.807, 2.05) is 11.6 Å². The van der Waals surface area contributed by atoms with Crippen molar-refractivity contribution in [3.8, 4) is 0 Å². The summed E-state index contributed by atoms with van der Waals surface area (Å²) in [6, 6.07) is 4.88. The van der Waals surface area contributed by atoms with Crippen molar-refractivity contribution < 1.29 is 13.2 Å². The van der Waals surface area contributed by atoms with Crippen LogP contribution in [0.2, 0.25) is 0 Å². The molecule has 0 aliphatic rings. The summed E-state index contributed by atoms with van der Waals surface area (Å²) in [6.45, 7) is 1.79. The van der Waals surface area contributed by atoms with Crippen LogP contribution in [0.1, 0.15) is 23.7 Å². The highest BCUT2D eigenvalue weighted by Crippen LogP contribution is 2.25. The maximum atomic E-state index is 11.8. The molecule has 2 aromatic rings. The number of rotatable bonds is 3. The molecule has 0 radical (unpaired) electrons. The molecule has 0 bridgehead atoms. The topological polar surface area (TPSA) is 56.1 Å². The Morgan fingerprint density at radius 2 is 2.00 bits per heavy atom. The molecule has 1 aromatic carbocycles. The van der Waals surface area contributed by atoms with Crippen molar-refractivity contribution >= 4 is 26.5 Å². The van der Waals surface area contributed by atoms with Crippen LogP contribution in [-0.2, 0) is 16.9 Å². The van der Waals surface area contributed by atoms with Crippen molar-refractivity contribution in [2.45, 2.75) is 18.2 Å². The van der Waals surface area contributed by atoms with Gasteiger partial charge in [-0.05, 0) is 18.2 Å². The van der Waals surface area contributed by atoms with Crippen LogP contribution in [0.3, 0.4) is 0 Å². The van der Waals surface area contributed by atoms with Gasteiger partial charge in [-0.3, -0.25) is 4.79 Å². The molecule has 0 atom stereocenters. The lowest BCUT2D eigenvalue weighted by atomic mass is 10.1. The van der Waals surface area contributed by atoms with Gasteiger partial charge in [-0.25, -0.2) is 8.42 Å². The second-order valence-electron chi connectivity index (χ2n) is 4.38. The summed E-state index contributed by atoms with van der Waals surface area (Å²) in [5, 5.41) is 0.701. The maximum Gasteiger partial charge on any atom is 0.175 e. The molecule has 4 nitrogen and oxygen atoms in total. The molecule has 0 aliphatic heterocycles. The van der Waals surface area contributed by atoms with Crippen molar-refractivity contribution in [2.24, 2.45) is 7.05 Å². The molecule has 0 saturated carbocycles. The van der Waals surface area contributed by atoms with Gasteiger partial charge in [0.15, 0.2) is 15.6 Å². The first-order chi connectivity index (χ1) is 8.34. The maximum absolute atomic E-state index is 11.8. The first kappa shape index (κ1) is 12.8. The average Bonchev–Trinajstić information content (AvgIpc) is 2.64. The minimum Gasteiger partial charge on any atom is -0.350 e. The van der Waals surface area contributed by atoms with Crippen LogP contribution in [0, 0.1) is 0 Å². The van der Waals surface area contributed by atoms with E-state index >= 15 is 0 Å². The van der Waals surface area contributed by atoms with Crippen LogP contribution >= 0.6 is 0 Å². The van der Waals surface area contributed by atoms with E-state index < -0.39 is 9.84 Å². The van der Waals surface area contributed by atoms with Gasteiger partial charge < -0.3 is 4.57 Å². The number of fused-ring (bicyclic) bond motifs is 1. The van der Waals surface area contributed by atoms with Gasteiger partial charge in [0.1, 0.15) is 0 Å². The van der Waals surface area contributed by atoms with E-state index in [1.165, 1.54) is 6.26 Å². The minimum atomic E-state index is -3.25. The SMILES string of the molecule is CCC(=O)c1cn(C)c2ccc(S(C)(=O)=O)cc12.